The van der Waals surface area contributed by atoms with Crippen molar-refractivity contribution in [3.05, 3.63) is 35.4 Å². The minimum absolute atomic E-state index is 0.205. The fourth-order valence-corrected chi connectivity index (χ4v) is 2.38. The summed E-state index contributed by atoms with van der Waals surface area (Å²) in [7, 11) is 0. The molecule has 20 heavy (non-hydrogen) atoms. The Morgan fingerprint density at radius 3 is 2.25 bits per heavy atom. The summed E-state index contributed by atoms with van der Waals surface area (Å²) in [6, 6.07) is 7.97. The average molecular weight is 276 g/mol. The van der Waals surface area contributed by atoms with Crippen LogP contribution in [-0.2, 0) is 11.2 Å². The van der Waals surface area contributed by atoms with Gasteiger partial charge in [0.15, 0.2) is 0 Å². The van der Waals surface area contributed by atoms with E-state index in [1.54, 1.807) is 0 Å². The van der Waals surface area contributed by atoms with E-state index in [0.29, 0.717) is 0 Å². The summed E-state index contributed by atoms with van der Waals surface area (Å²) in [6.07, 6.45) is 9.24. The summed E-state index contributed by atoms with van der Waals surface area (Å²) in [4.78, 5) is 10.8. The van der Waals surface area contributed by atoms with Crippen molar-refractivity contribution < 1.29 is 4.79 Å². The molecule has 0 saturated heterocycles. The second kappa shape index (κ2) is 9.54. The molecule has 0 fully saturated rings. The van der Waals surface area contributed by atoms with Gasteiger partial charge < -0.3 is 11.5 Å². The normalized spacial score (nSPS) is 12.3. The number of primary amides is 1. The third-order valence-corrected chi connectivity index (χ3v) is 3.65. The number of carbonyl (C=O) groups is 1. The van der Waals surface area contributed by atoms with Crippen LogP contribution in [0, 0.1) is 0 Å². The van der Waals surface area contributed by atoms with Crippen LogP contribution in [0.1, 0.15) is 69.0 Å². The number of benzene rings is 1. The number of hydrogen-bond donors (Lipinski definition) is 2. The third-order valence-electron chi connectivity index (χ3n) is 3.65. The number of aryl methyl sites for hydroxylation is 1. The fraction of sp³-hybridized carbons (Fsp3) is 0.588. The number of nitrogens with two attached hydrogens (primary N) is 2. The first-order valence-electron chi connectivity index (χ1n) is 7.76. The number of unbranched alkanes of at least 4 members (excludes halogenated alkanes) is 5. The zero-order chi connectivity index (χ0) is 14.8. The van der Waals surface area contributed by atoms with Gasteiger partial charge in [0.25, 0.3) is 0 Å². The summed E-state index contributed by atoms with van der Waals surface area (Å²) < 4.78 is 0. The predicted octanol–water partition coefficient (Wildman–Crippen LogP) is 3.46. The largest absolute Gasteiger partial charge is 0.370 e. The molecule has 1 atom stereocenters. The van der Waals surface area contributed by atoms with Crippen molar-refractivity contribution in [2.24, 2.45) is 11.5 Å². The molecule has 0 aliphatic heterocycles. The van der Waals surface area contributed by atoms with Crippen LogP contribution in [-0.4, -0.2) is 5.91 Å². The smallest absolute Gasteiger partial charge is 0.219 e. The molecule has 0 aliphatic rings. The van der Waals surface area contributed by atoms with Gasteiger partial charge in [-0.2, -0.15) is 0 Å². The Hall–Kier alpha value is -1.35. The minimum atomic E-state index is -0.353. The molecule has 0 saturated carbocycles. The van der Waals surface area contributed by atoms with Crippen LogP contribution in [0.2, 0.25) is 0 Å². The Morgan fingerprint density at radius 1 is 1.05 bits per heavy atom. The first kappa shape index (κ1) is 16.7. The molecule has 1 aromatic carbocycles. The van der Waals surface area contributed by atoms with E-state index in [4.69, 9.17) is 11.5 Å². The van der Waals surface area contributed by atoms with Crippen molar-refractivity contribution in [3.8, 4) is 0 Å². The summed E-state index contributed by atoms with van der Waals surface area (Å²) in [6.45, 7) is 2.24. The molecule has 0 aliphatic carbocycles. The lowest BCUT2D eigenvalue weighted by Gasteiger charge is -2.10. The lowest BCUT2D eigenvalue weighted by molar-refractivity contribution is -0.118. The van der Waals surface area contributed by atoms with Gasteiger partial charge in [-0.3, -0.25) is 4.79 Å². The quantitative estimate of drug-likeness (QED) is 0.642. The molecule has 1 unspecified atom stereocenters. The van der Waals surface area contributed by atoms with Crippen molar-refractivity contribution in [1.29, 1.82) is 0 Å². The number of amides is 1. The zero-order valence-electron chi connectivity index (χ0n) is 12.6. The lowest BCUT2D eigenvalue weighted by atomic mass is 10.00. The van der Waals surface area contributed by atoms with E-state index in [2.05, 4.69) is 19.1 Å². The van der Waals surface area contributed by atoms with Crippen LogP contribution >= 0.6 is 0 Å². The van der Waals surface area contributed by atoms with E-state index in [0.717, 1.165) is 12.0 Å². The average Bonchev–Trinajstić information content (AvgIpc) is 2.42. The molecule has 0 spiro atoms. The summed E-state index contributed by atoms with van der Waals surface area (Å²) in [5, 5.41) is 0. The maximum absolute atomic E-state index is 10.8. The highest BCUT2D eigenvalue weighted by atomic mass is 16.1. The predicted molar refractivity (Wildman–Crippen MR) is 84.3 cm³/mol. The van der Waals surface area contributed by atoms with Gasteiger partial charge in [-0.05, 0) is 24.0 Å². The standard InChI is InChI=1S/C17H28N2O/c1-2-3-4-5-6-7-8-14-9-11-15(12-10-14)16(18)13-17(19)20/h9-12,16H,2-8,13,18H2,1H3,(H2,19,20). The molecule has 0 radical (unpaired) electrons. The molecule has 1 aromatic rings. The van der Waals surface area contributed by atoms with Gasteiger partial charge in [-0.15, -0.1) is 0 Å². The van der Waals surface area contributed by atoms with E-state index in [-0.39, 0.29) is 18.4 Å². The molecule has 1 rings (SSSR count). The van der Waals surface area contributed by atoms with Gasteiger partial charge in [0.2, 0.25) is 5.91 Å². The molecule has 0 aromatic heterocycles. The van der Waals surface area contributed by atoms with E-state index in [1.807, 2.05) is 12.1 Å². The Bertz CT molecular complexity index is 386. The number of rotatable bonds is 10. The number of hydrogen-bond acceptors (Lipinski definition) is 2. The maximum Gasteiger partial charge on any atom is 0.219 e. The van der Waals surface area contributed by atoms with Gasteiger partial charge in [0, 0.05) is 12.5 Å². The second-order valence-corrected chi connectivity index (χ2v) is 5.54. The SMILES string of the molecule is CCCCCCCCc1ccc(C(N)CC(N)=O)cc1. The molecule has 0 heterocycles. The van der Waals surface area contributed by atoms with Crippen LogP contribution in [0.15, 0.2) is 24.3 Å². The van der Waals surface area contributed by atoms with Crippen LogP contribution < -0.4 is 11.5 Å². The Morgan fingerprint density at radius 2 is 1.65 bits per heavy atom. The van der Waals surface area contributed by atoms with Gasteiger partial charge in [0.1, 0.15) is 0 Å². The monoisotopic (exact) mass is 276 g/mol. The van der Waals surface area contributed by atoms with E-state index >= 15 is 0 Å². The molecule has 3 heteroatoms. The first-order chi connectivity index (χ1) is 9.63. The Balaban J connectivity index is 2.29. The topological polar surface area (TPSA) is 69.1 Å². The molecular weight excluding hydrogens is 248 g/mol. The van der Waals surface area contributed by atoms with E-state index in [9.17, 15) is 4.79 Å². The minimum Gasteiger partial charge on any atom is -0.370 e. The summed E-state index contributed by atoms with van der Waals surface area (Å²) in [5.41, 5.74) is 13.4. The zero-order valence-corrected chi connectivity index (χ0v) is 12.6. The van der Waals surface area contributed by atoms with Gasteiger partial charge in [-0.25, -0.2) is 0 Å². The molecule has 112 valence electrons. The van der Waals surface area contributed by atoms with Gasteiger partial charge in [0.05, 0.1) is 0 Å². The van der Waals surface area contributed by atoms with Crippen LogP contribution in [0.3, 0.4) is 0 Å². The highest BCUT2D eigenvalue weighted by molar-refractivity contribution is 5.74. The maximum atomic E-state index is 10.8. The Kier molecular flexibility index (Phi) is 7.97. The van der Waals surface area contributed by atoms with Crippen molar-refractivity contribution in [2.45, 2.75) is 64.3 Å². The molecule has 3 nitrogen and oxygen atoms in total. The van der Waals surface area contributed by atoms with Crippen LogP contribution in [0.5, 0.6) is 0 Å². The second-order valence-electron chi connectivity index (χ2n) is 5.54. The highest BCUT2D eigenvalue weighted by Gasteiger charge is 2.08. The number of carbonyl (C=O) groups excluding carboxylic acids is 1. The highest BCUT2D eigenvalue weighted by Crippen LogP contribution is 2.16. The van der Waals surface area contributed by atoms with Crippen LogP contribution in [0.25, 0.3) is 0 Å². The molecule has 1 amide bonds. The first-order valence-corrected chi connectivity index (χ1v) is 7.76. The van der Waals surface area contributed by atoms with Crippen molar-refractivity contribution in [1.82, 2.24) is 0 Å². The van der Waals surface area contributed by atoms with Gasteiger partial charge in [-0.1, -0.05) is 63.3 Å². The van der Waals surface area contributed by atoms with E-state index in [1.165, 1.54) is 44.1 Å². The van der Waals surface area contributed by atoms with Crippen molar-refractivity contribution >= 4 is 5.91 Å². The third kappa shape index (κ3) is 6.71. The molecule has 4 N–H and O–H groups in total. The fourth-order valence-electron chi connectivity index (χ4n) is 2.38. The Labute approximate surface area is 122 Å². The van der Waals surface area contributed by atoms with Crippen molar-refractivity contribution in [3.63, 3.8) is 0 Å². The lowest BCUT2D eigenvalue weighted by Crippen LogP contribution is -2.20. The van der Waals surface area contributed by atoms with Crippen LogP contribution in [0.4, 0.5) is 0 Å². The van der Waals surface area contributed by atoms with E-state index < -0.39 is 0 Å². The summed E-state index contributed by atoms with van der Waals surface area (Å²) >= 11 is 0. The summed E-state index contributed by atoms with van der Waals surface area (Å²) in [5.74, 6) is -0.353. The molecule has 0 bridgehead atoms. The molecular formula is C17H28N2O. The van der Waals surface area contributed by atoms with Crippen molar-refractivity contribution in [2.75, 3.05) is 0 Å². The van der Waals surface area contributed by atoms with Gasteiger partial charge >= 0.3 is 0 Å².